The normalized spacial score (nSPS) is 19.2. The second-order valence-corrected chi connectivity index (χ2v) is 5.29. The Labute approximate surface area is 121 Å². The van der Waals surface area contributed by atoms with Crippen molar-refractivity contribution in [2.75, 3.05) is 33.3 Å². The van der Waals surface area contributed by atoms with Crippen LogP contribution in [-0.4, -0.2) is 50.0 Å². The average Bonchev–Trinajstić information content (AvgIpc) is 2.87. The summed E-state index contributed by atoms with van der Waals surface area (Å²) in [7, 11) is 2.00. The van der Waals surface area contributed by atoms with Crippen molar-refractivity contribution in [3.8, 4) is 5.75 Å². The molecule has 1 saturated heterocycles. The van der Waals surface area contributed by atoms with Gasteiger partial charge in [-0.05, 0) is 45.5 Å². The van der Waals surface area contributed by atoms with Gasteiger partial charge in [-0.15, -0.1) is 0 Å². The number of Topliss-reactive ketones (excluding diaryl/α,β-unsaturated/α-hetero) is 1. The molecule has 0 saturated carbocycles. The summed E-state index contributed by atoms with van der Waals surface area (Å²) in [5.41, 5.74) is 0.667. The molecule has 0 radical (unpaired) electrons. The van der Waals surface area contributed by atoms with E-state index in [2.05, 4.69) is 10.2 Å². The fourth-order valence-corrected chi connectivity index (χ4v) is 2.81. The minimum absolute atomic E-state index is 0.0508. The minimum atomic E-state index is 0.0508. The number of benzene rings is 1. The number of nitrogens with one attached hydrogen (secondary N) is 1. The smallest absolute Gasteiger partial charge is 0.163 e. The number of para-hydroxylation sites is 1. The van der Waals surface area contributed by atoms with Crippen molar-refractivity contribution in [2.45, 2.75) is 25.8 Å². The Kier molecular flexibility index (Phi) is 5.56. The predicted molar refractivity (Wildman–Crippen MR) is 80.5 cm³/mol. The van der Waals surface area contributed by atoms with Crippen molar-refractivity contribution in [3.63, 3.8) is 0 Å². The second-order valence-electron chi connectivity index (χ2n) is 5.29. The van der Waals surface area contributed by atoms with Crippen molar-refractivity contribution in [1.29, 1.82) is 0 Å². The highest BCUT2D eigenvalue weighted by Crippen LogP contribution is 2.19. The van der Waals surface area contributed by atoms with Crippen LogP contribution in [-0.2, 0) is 0 Å². The molecule has 110 valence electrons. The van der Waals surface area contributed by atoms with Gasteiger partial charge in [0, 0.05) is 19.1 Å². The minimum Gasteiger partial charge on any atom is -0.491 e. The summed E-state index contributed by atoms with van der Waals surface area (Å²) in [6.45, 7) is 5.29. The van der Waals surface area contributed by atoms with Gasteiger partial charge in [-0.1, -0.05) is 12.1 Å². The monoisotopic (exact) mass is 276 g/mol. The fourth-order valence-electron chi connectivity index (χ4n) is 2.81. The van der Waals surface area contributed by atoms with Gasteiger partial charge in [0.05, 0.1) is 5.56 Å². The molecule has 2 rings (SSSR count). The van der Waals surface area contributed by atoms with Crippen molar-refractivity contribution in [3.05, 3.63) is 29.8 Å². The third-order valence-electron chi connectivity index (χ3n) is 3.84. The van der Waals surface area contributed by atoms with E-state index >= 15 is 0 Å². The third-order valence-corrected chi connectivity index (χ3v) is 3.84. The summed E-state index contributed by atoms with van der Waals surface area (Å²) >= 11 is 0. The van der Waals surface area contributed by atoms with Crippen LogP contribution in [0.4, 0.5) is 0 Å². The molecule has 1 aliphatic heterocycles. The zero-order valence-electron chi connectivity index (χ0n) is 12.4. The number of likely N-dealkylation sites (N-methyl/N-ethyl adjacent to an activating group) is 1. The highest BCUT2D eigenvalue weighted by Gasteiger charge is 2.23. The standard InChI is InChI=1S/C16H24N2O2/c1-13(19)15-7-3-4-8-16(15)20-11-10-18-9-5-6-14(18)12-17-2/h3-4,7-8,14,17H,5-6,9-12H2,1-2H3. The van der Waals surface area contributed by atoms with E-state index in [1.807, 2.05) is 31.3 Å². The highest BCUT2D eigenvalue weighted by atomic mass is 16.5. The van der Waals surface area contributed by atoms with Gasteiger partial charge < -0.3 is 10.1 Å². The number of rotatable bonds is 7. The van der Waals surface area contributed by atoms with E-state index in [0.29, 0.717) is 24.0 Å². The lowest BCUT2D eigenvalue weighted by atomic mass is 10.1. The molecule has 1 unspecified atom stereocenters. The molecule has 4 nitrogen and oxygen atoms in total. The SMILES string of the molecule is CNCC1CCCN1CCOc1ccccc1C(C)=O. The number of ketones is 1. The molecule has 1 aromatic carbocycles. The van der Waals surface area contributed by atoms with Crippen LogP contribution in [0.25, 0.3) is 0 Å². The molecular formula is C16H24N2O2. The van der Waals surface area contributed by atoms with E-state index in [0.717, 1.165) is 19.6 Å². The molecule has 1 aromatic rings. The summed E-state index contributed by atoms with van der Waals surface area (Å²) < 4.78 is 5.80. The van der Waals surface area contributed by atoms with Crippen LogP contribution in [0.5, 0.6) is 5.75 Å². The zero-order chi connectivity index (χ0) is 14.4. The van der Waals surface area contributed by atoms with Crippen LogP contribution >= 0.6 is 0 Å². The zero-order valence-corrected chi connectivity index (χ0v) is 12.4. The van der Waals surface area contributed by atoms with Gasteiger partial charge in [-0.3, -0.25) is 9.69 Å². The maximum Gasteiger partial charge on any atom is 0.163 e. The van der Waals surface area contributed by atoms with Crippen LogP contribution in [0.1, 0.15) is 30.1 Å². The molecular weight excluding hydrogens is 252 g/mol. The van der Waals surface area contributed by atoms with E-state index in [9.17, 15) is 4.79 Å². The number of hydrogen-bond acceptors (Lipinski definition) is 4. The Hall–Kier alpha value is -1.39. The molecule has 20 heavy (non-hydrogen) atoms. The molecule has 1 N–H and O–H groups in total. The lowest BCUT2D eigenvalue weighted by molar-refractivity contribution is 0.101. The highest BCUT2D eigenvalue weighted by molar-refractivity contribution is 5.96. The topological polar surface area (TPSA) is 41.6 Å². The van der Waals surface area contributed by atoms with Gasteiger partial charge in [0.25, 0.3) is 0 Å². The number of likely N-dealkylation sites (tertiary alicyclic amines) is 1. The molecule has 1 fully saturated rings. The average molecular weight is 276 g/mol. The first-order chi connectivity index (χ1) is 9.72. The molecule has 0 amide bonds. The number of carbonyl (C=O) groups is 1. The molecule has 0 spiro atoms. The van der Waals surface area contributed by atoms with Crippen molar-refractivity contribution in [1.82, 2.24) is 10.2 Å². The van der Waals surface area contributed by atoms with Gasteiger partial charge in [0.2, 0.25) is 0 Å². The van der Waals surface area contributed by atoms with E-state index < -0.39 is 0 Å². The van der Waals surface area contributed by atoms with Gasteiger partial charge in [0.15, 0.2) is 5.78 Å². The van der Waals surface area contributed by atoms with Crippen molar-refractivity contribution >= 4 is 5.78 Å². The van der Waals surface area contributed by atoms with E-state index in [1.165, 1.54) is 12.8 Å². The summed E-state index contributed by atoms with van der Waals surface area (Å²) in [5, 5.41) is 3.24. The van der Waals surface area contributed by atoms with Crippen LogP contribution in [0.3, 0.4) is 0 Å². The summed E-state index contributed by atoms with van der Waals surface area (Å²) in [5.74, 6) is 0.749. The molecule has 1 heterocycles. The Morgan fingerprint density at radius 2 is 2.25 bits per heavy atom. The molecule has 4 heteroatoms. The Morgan fingerprint density at radius 1 is 1.45 bits per heavy atom. The van der Waals surface area contributed by atoms with Gasteiger partial charge in [0.1, 0.15) is 12.4 Å². The lowest BCUT2D eigenvalue weighted by Gasteiger charge is -2.24. The molecule has 0 aromatic heterocycles. The van der Waals surface area contributed by atoms with Crippen molar-refractivity contribution in [2.24, 2.45) is 0 Å². The first-order valence-corrected chi connectivity index (χ1v) is 7.33. The molecule has 1 atom stereocenters. The van der Waals surface area contributed by atoms with Gasteiger partial charge in [-0.2, -0.15) is 0 Å². The summed E-state index contributed by atoms with van der Waals surface area (Å²) in [4.78, 5) is 14.0. The Balaban J connectivity index is 1.85. The van der Waals surface area contributed by atoms with Crippen LogP contribution in [0.2, 0.25) is 0 Å². The van der Waals surface area contributed by atoms with Gasteiger partial charge in [-0.25, -0.2) is 0 Å². The first kappa shape index (κ1) is 15.0. The predicted octanol–water partition coefficient (Wildman–Crippen LogP) is 1.95. The third kappa shape index (κ3) is 3.81. The van der Waals surface area contributed by atoms with Crippen molar-refractivity contribution < 1.29 is 9.53 Å². The van der Waals surface area contributed by atoms with E-state index in [4.69, 9.17) is 4.74 Å². The molecule has 0 aliphatic carbocycles. The van der Waals surface area contributed by atoms with E-state index in [-0.39, 0.29) is 5.78 Å². The summed E-state index contributed by atoms with van der Waals surface area (Å²) in [6, 6.07) is 8.07. The lowest BCUT2D eigenvalue weighted by Crippen LogP contribution is -2.39. The van der Waals surface area contributed by atoms with Crippen LogP contribution in [0.15, 0.2) is 24.3 Å². The quantitative estimate of drug-likeness (QED) is 0.773. The number of carbonyl (C=O) groups excluding carboxylic acids is 1. The largest absolute Gasteiger partial charge is 0.491 e. The second kappa shape index (κ2) is 7.41. The number of nitrogens with zero attached hydrogens (tertiary/aromatic N) is 1. The Morgan fingerprint density at radius 3 is 3.00 bits per heavy atom. The Bertz CT molecular complexity index is 448. The summed E-state index contributed by atoms with van der Waals surface area (Å²) in [6.07, 6.45) is 2.52. The maximum absolute atomic E-state index is 11.5. The first-order valence-electron chi connectivity index (χ1n) is 7.33. The fraction of sp³-hybridized carbons (Fsp3) is 0.562. The maximum atomic E-state index is 11.5. The van der Waals surface area contributed by atoms with Crippen LogP contribution in [0, 0.1) is 0 Å². The number of ether oxygens (including phenoxy) is 1. The molecule has 0 bridgehead atoms. The van der Waals surface area contributed by atoms with E-state index in [1.54, 1.807) is 6.92 Å². The van der Waals surface area contributed by atoms with Crippen LogP contribution < -0.4 is 10.1 Å². The van der Waals surface area contributed by atoms with Gasteiger partial charge >= 0.3 is 0 Å². The molecule has 1 aliphatic rings. The number of hydrogen-bond donors (Lipinski definition) is 1.